The maximum atomic E-state index is 12.7. The number of carbonyl (C=O) groups is 1. The molecule has 0 unspecified atom stereocenters. The van der Waals surface area contributed by atoms with Gasteiger partial charge in [0.1, 0.15) is 5.75 Å². The molecule has 1 saturated carbocycles. The first kappa shape index (κ1) is 14.7. The normalized spacial score (nSPS) is 15.3. The topological polar surface area (TPSA) is 75.8 Å². The van der Waals surface area contributed by atoms with Gasteiger partial charge in [-0.1, -0.05) is 12.8 Å². The second kappa shape index (κ2) is 6.61. The molecule has 0 spiro atoms. The summed E-state index contributed by atoms with van der Waals surface area (Å²) in [6, 6.07) is 5.26. The maximum Gasteiger partial charge on any atom is 0.257 e. The maximum absolute atomic E-state index is 12.7. The minimum atomic E-state index is -0.0946. The van der Waals surface area contributed by atoms with Crippen LogP contribution in [-0.4, -0.2) is 42.2 Å². The third kappa shape index (κ3) is 3.04. The van der Waals surface area contributed by atoms with Crippen molar-refractivity contribution in [2.75, 3.05) is 26.0 Å². The number of methoxy groups -OCH3 is 1. The lowest BCUT2D eigenvalue weighted by atomic mass is 10.1. The van der Waals surface area contributed by atoms with E-state index in [1.54, 1.807) is 23.1 Å². The van der Waals surface area contributed by atoms with Gasteiger partial charge in [0.05, 0.1) is 19.3 Å². The van der Waals surface area contributed by atoms with Crippen LogP contribution >= 0.6 is 0 Å². The van der Waals surface area contributed by atoms with Crippen LogP contribution in [0.4, 0.5) is 5.69 Å². The van der Waals surface area contributed by atoms with Crippen LogP contribution in [0.5, 0.6) is 5.75 Å². The predicted octanol–water partition coefficient (Wildman–Crippen LogP) is 1.65. The molecule has 0 bridgehead atoms. The molecule has 5 heteroatoms. The Morgan fingerprint density at radius 2 is 2.15 bits per heavy atom. The van der Waals surface area contributed by atoms with Gasteiger partial charge in [-0.25, -0.2) is 0 Å². The molecule has 110 valence electrons. The van der Waals surface area contributed by atoms with Crippen LogP contribution in [0.2, 0.25) is 0 Å². The van der Waals surface area contributed by atoms with Crippen LogP contribution in [0.1, 0.15) is 36.0 Å². The van der Waals surface area contributed by atoms with Crippen molar-refractivity contribution in [3.05, 3.63) is 23.8 Å². The highest BCUT2D eigenvalue weighted by Gasteiger charge is 2.28. The molecule has 1 aliphatic rings. The third-order valence-corrected chi connectivity index (χ3v) is 3.82. The molecule has 1 aromatic rings. The van der Waals surface area contributed by atoms with E-state index in [1.807, 2.05) is 0 Å². The molecule has 0 aliphatic heterocycles. The van der Waals surface area contributed by atoms with E-state index in [0.717, 1.165) is 25.7 Å². The number of nitrogens with two attached hydrogens (primary N) is 1. The van der Waals surface area contributed by atoms with Crippen molar-refractivity contribution in [2.24, 2.45) is 0 Å². The molecule has 0 atom stereocenters. The van der Waals surface area contributed by atoms with Crippen molar-refractivity contribution in [1.82, 2.24) is 4.90 Å². The fourth-order valence-electron chi connectivity index (χ4n) is 2.81. The van der Waals surface area contributed by atoms with Crippen LogP contribution in [0.3, 0.4) is 0 Å². The SMILES string of the molecule is COc1cc(N)ccc1C(=O)N(CCO)C1CCCC1. The van der Waals surface area contributed by atoms with E-state index < -0.39 is 0 Å². The number of anilines is 1. The number of rotatable bonds is 5. The quantitative estimate of drug-likeness (QED) is 0.803. The van der Waals surface area contributed by atoms with E-state index in [4.69, 9.17) is 10.5 Å². The van der Waals surface area contributed by atoms with Crippen LogP contribution in [0, 0.1) is 0 Å². The van der Waals surface area contributed by atoms with Gasteiger partial charge >= 0.3 is 0 Å². The number of benzene rings is 1. The number of nitrogen functional groups attached to an aromatic ring is 1. The molecule has 0 saturated heterocycles. The molecule has 2 rings (SSSR count). The lowest BCUT2D eigenvalue weighted by Gasteiger charge is -2.29. The fraction of sp³-hybridized carbons (Fsp3) is 0.533. The number of ether oxygens (including phenoxy) is 1. The molecular formula is C15H22N2O3. The molecule has 5 nitrogen and oxygen atoms in total. The Morgan fingerprint density at radius 1 is 1.45 bits per heavy atom. The molecule has 0 aromatic heterocycles. The number of carbonyl (C=O) groups excluding carboxylic acids is 1. The summed E-state index contributed by atoms with van der Waals surface area (Å²) < 4.78 is 5.25. The van der Waals surface area contributed by atoms with Crippen molar-refractivity contribution in [3.8, 4) is 5.75 Å². The summed E-state index contributed by atoms with van der Waals surface area (Å²) in [4.78, 5) is 14.5. The van der Waals surface area contributed by atoms with Gasteiger partial charge in [-0.3, -0.25) is 4.79 Å². The highest BCUT2D eigenvalue weighted by Crippen LogP contribution is 2.28. The Bertz CT molecular complexity index is 470. The average molecular weight is 278 g/mol. The highest BCUT2D eigenvalue weighted by molar-refractivity contribution is 5.97. The van der Waals surface area contributed by atoms with E-state index in [1.165, 1.54) is 7.11 Å². The molecule has 1 fully saturated rings. The van der Waals surface area contributed by atoms with Gasteiger partial charge in [-0.15, -0.1) is 0 Å². The Morgan fingerprint density at radius 3 is 2.75 bits per heavy atom. The molecular weight excluding hydrogens is 256 g/mol. The predicted molar refractivity (Wildman–Crippen MR) is 77.8 cm³/mol. The van der Waals surface area contributed by atoms with Crippen molar-refractivity contribution < 1.29 is 14.6 Å². The molecule has 3 N–H and O–H groups in total. The van der Waals surface area contributed by atoms with Crippen LogP contribution in [-0.2, 0) is 0 Å². The Kier molecular flexibility index (Phi) is 4.84. The van der Waals surface area contributed by atoms with Gasteiger partial charge < -0.3 is 20.5 Å². The first-order chi connectivity index (χ1) is 9.67. The number of hydrogen-bond donors (Lipinski definition) is 2. The van der Waals surface area contributed by atoms with Gasteiger partial charge in [-0.2, -0.15) is 0 Å². The van der Waals surface area contributed by atoms with Gasteiger partial charge in [0, 0.05) is 24.3 Å². The van der Waals surface area contributed by atoms with Gasteiger partial charge in [0.25, 0.3) is 5.91 Å². The summed E-state index contributed by atoms with van der Waals surface area (Å²) >= 11 is 0. The summed E-state index contributed by atoms with van der Waals surface area (Å²) in [5, 5.41) is 9.22. The number of aliphatic hydroxyl groups is 1. The first-order valence-electron chi connectivity index (χ1n) is 7.02. The number of hydrogen-bond acceptors (Lipinski definition) is 4. The molecule has 1 aliphatic carbocycles. The zero-order valence-corrected chi connectivity index (χ0v) is 11.8. The van der Waals surface area contributed by atoms with E-state index >= 15 is 0 Å². The minimum Gasteiger partial charge on any atom is -0.496 e. The minimum absolute atomic E-state index is 0.0282. The fourth-order valence-corrected chi connectivity index (χ4v) is 2.81. The van der Waals surface area contributed by atoms with E-state index in [9.17, 15) is 9.90 Å². The van der Waals surface area contributed by atoms with Crippen molar-refractivity contribution in [2.45, 2.75) is 31.7 Å². The lowest BCUT2D eigenvalue weighted by molar-refractivity contribution is 0.0634. The largest absolute Gasteiger partial charge is 0.496 e. The van der Waals surface area contributed by atoms with Gasteiger partial charge in [0.15, 0.2) is 0 Å². The monoisotopic (exact) mass is 278 g/mol. The van der Waals surface area contributed by atoms with E-state index in [0.29, 0.717) is 23.5 Å². The van der Waals surface area contributed by atoms with Gasteiger partial charge in [-0.05, 0) is 25.0 Å². The third-order valence-electron chi connectivity index (χ3n) is 3.82. The molecule has 20 heavy (non-hydrogen) atoms. The number of aliphatic hydroxyl groups excluding tert-OH is 1. The van der Waals surface area contributed by atoms with E-state index in [-0.39, 0.29) is 18.6 Å². The highest BCUT2D eigenvalue weighted by atomic mass is 16.5. The smallest absolute Gasteiger partial charge is 0.257 e. The zero-order valence-electron chi connectivity index (χ0n) is 11.8. The standard InChI is InChI=1S/C15H22N2O3/c1-20-14-10-11(16)6-7-13(14)15(19)17(8-9-18)12-4-2-3-5-12/h6-7,10,12,18H,2-5,8-9,16H2,1H3. The van der Waals surface area contributed by atoms with Crippen molar-refractivity contribution in [1.29, 1.82) is 0 Å². The molecule has 0 radical (unpaired) electrons. The number of amides is 1. The summed E-state index contributed by atoms with van der Waals surface area (Å²) in [5.41, 5.74) is 6.78. The second-order valence-electron chi connectivity index (χ2n) is 5.12. The Balaban J connectivity index is 2.26. The molecule has 0 heterocycles. The second-order valence-corrected chi connectivity index (χ2v) is 5.12. The van der Waals surface area contributed by atoms with Crippen LogP contribution < -0.4 is 10.5 Å². The summed E-state index contributed by atoms with van der Waals surface area (Å²) in [6.45, 7) is 0.330. The summed E-state index contributed by atoms with van der Waals surface area (Å²) in [6.07, 6.45) is 4.28. The Hall–Kier alpha value is -1.75. The Labute approximate surface area is 119 Å². The van der Waals surface area contributed by atoms with Crippen molar-refractivity contribution >= 4 is 11.6 Å². The van der Waals surface area contributed by atoms with Crippen LogP contribution in [0.25, 0.3) is 0 Å². The van der Waals surface area contributed by atoms with Crippen LogP contribution in [0.15, 0.2) is 18.2 Å². The number of nitrogens with zero attached hydrogens (tertiary/aromatic N) is 1. The summed E-state index contributed by atoms with van der Waals surface area (Å²) in [7, 11) is 1.53. The van der Waals surface area contributed by atoms with E-state index in [2.05, 4.69) is 0 Å². The summed E-state index contributed by atoms with van der Waals surface area (Å²) in [5.74, 6) is 0.388. The lowest BCUT2D eigenvalue weighted by Crippen LogP contribution is -2.40. The molecule has 1 aromatic carbocycles. The first-order valence-corrected chi connectivity index (χ1v) is 7.02. The zero-order chi connectivity index (χ0) is 14.5. The molecule has 1 amide bonds. The van der Waals surface area contributed by atoms with Gasteiger partial charge in [0.2, 0.25) is 0 Å². The average Bonchev–Trinajstić information content (AvgIpc) is 2.97. The van der Waals surface area contributed by atoms with Crippen molar-refractivity contribution in [3.63, 3.8) is 0 Å².